The summed E-state index contributed by atoms with van der Waals surface area (Å²) in [5, 5.41) is 14.3. The molecule has 8 nitrogen and oxygen atoms in total. The van der Waals surface area contributed by atoms with Gasteiger partial charge in [0.05, 0.1) is 18.1 Å². The molecule has 122 valence electrons. The summed E-state index contributed by atoms with van der Waals surface area (Å²) in [6.07, 6.45) is 1.72. The second kappa shape index (κ2) is 7.03. The van der Waals surface area contributed by atoms with Gasteiger partial charge in [0, 0.05) is 6.54 Å². The quantitative estimate of drug-likeness (QED) is 0.567. The number of ether oxygens (including phenoxy) is 1. The van der Waals surface area contributed by atoms with E-state index in [2.05, 4.69) is 10.0 Å². The molecule has 1 fully saturated rings. The fourth-order valence-electron chi connectivity index (χ4n) is 2.43. The molecule has 0 bridgehead atoms. The highest BCUT2D eigenvalue weighted by molar-refractivity contribution is 7.89. The van der Waals surface area contributed by atoms with Crippen LogP contribution in [0, 0.1) is 16.0 Å². The second-order valence-electron chi connectivity index (χ2n) is 5.14. The molecule has 1 saturated heterocycles. The summed E-state index contributed by atoms with van der Waals surface area (Å²) in [5.74, 6) is 0.677. The molecule has 0 spiro atoms. The number of nitro groups is 1. The summed E-state index contributed by atoms with van der Waals surface area (Å²) in [6, 6.07) is 3.69. The van der Waals surface area contributed by atoms with Crippen LogP contribution in [0.4, 0.5) is 5.69 Å². The summed E-state index contributed by atoms with van der Waals surface area (Å²) in [5.41, 5.74) is -0.491. The minimum Gasteiger partial charge on any atom is -0.497 e. The number of methoxy groups -OCH3 is 1. The molecule has 1 aromatic carbocycles. The molecule has 1 aliphatic rings. The highest BCUT2D eigenvalue weighted by Crippen LogP contribution is 2.28. The maximum atomic E-state index is 12.3. The lowest BCUT2D eigenvalue weighted by Gasteiger charge is -2.10. The fraction of sp³-hybridized carbons (Fsp3) is 0.538. The van der Waals surface area contributed by atoms with E-state index in [0.29, 0.717) is 12.3 Å². The van der Waals surface area contributed by atoms with Gasteiger partial charge in [-0.2, -0.15) is 0 Å². The van der Waals surface area contributed by atoms with Gasteiger partial charge in [0.2, 0.25) is 10.0 Å². The lowest BCUT2D eigenvalue weighted by molar-refractivity contribution is -0.387. The maximum absolute atomic E-state index is 12.3. The van der Waals surface area contributed by atoms with Crippen LogP contribution in [-0.4, -0.2) is 40.1 Å². The van der Waals surface area contributed by atoms with Gasteiger partial charge in [-0.15, -0.1) is 0 Å². The summed E-state index contributed by atoms with van der Waals surface area (Å²) >= 11 is 0. The van der Waals surface area contributed by atoms with Crippen molar-refractivity contribution >= 4 is 15.7 Å². The number of benzene rings is 1. The average Bonchev–Trinajstić information content (AvgIpc) is 2.99. The zero-order valence-electron chi connectivity index (χ0n) is 12.2. The third kappa shape index (κ3) is 3.93. The summed E-state index contributed by atoms with van der Waals surface area (Å²) < 4.78 is 31.8. The first-order valence-corrected chi connectivity index (χ1v) is 8.45. The van der Waals surface area contributed by atoms with Gasteiger partial charge in [0.15, 0.2) is 4.90 Å². The largest absolute Gasteiger partial charge is 0.497 e. The van der Waals surface area contributed by atoms with Gasteiger partial charge in [-0.1, -0.05) is 0 Å². The zero-order valence-corrected chi connectivity index (χ0v) is 13.1. The van der Waals surface area contributed by atoms with Crippen molar-refractivity contribution in [2.24, 2.45) is 5.92 Å². The van der Waals surface area contributed by atoms with E-state index in [1.807, 2.05) is 0 Å². The van der Waals surface area contributed by atoms with Crippen LogP contribution in [0.1, 0.15) is 12.8 Å². The van der Waals surface area contributed by atoms with Gasteiger partial charge in [-0.05, 0) is 44.0 Å². The predicted molar refractivity (Wildman–Crippen MR) is 80.4 cm³/mol. The molecule has 0 aliphatic carbocycles. The maximum Gasteiger partial charge on any atom is 0.293 e. The third-order valence-corrected chi connectivity index (χ3v) is 5.17. The number of hydrogen-bond donors (Lipinski definition) is 2. The molecule has 0 amide bonds. The van der Waals surface area contributed by atoms with E-state index in [4.69, 9.17) is 4.74 Å². The van der Waals surface area contributed by atoms with Crippen LogP contribution in [0.2, 0.25) is 0 Å². The molecule has 0 saturated carbocycles. The van der Waals surface area contributed by atoms with Gasteiger partial charge in [-0.25, -0.2) is 13.1 Å². The van der Waals surface area contributed by atoms with Crippen LogP contribution < -0.4 is 14.8 Å². The lowest BCUT2D eigenvalue weighted by Crippen LogP contribution is -2.27. The van der Waals surface area contributed by atoms with Crippen LogP contribution in [0.5, 0.6) is 5.75 Å². The van der Waals surface area contributed by atoms with Crippen LogP contribution in [-0.2, 0) is 10.0 Å². The van der Waals surface area contributed by atoms with E-state index in [1.165, 1.54) is 19.2 Å². The van der Waals surface area contributed by atoms with Crippen molar-refractivity contribution in [1.29, 1.82) is 0 Å². The van der Waals surface area contributed by atoms with Crippen LogP contribution >= 0.6 is 0 Å². The minimum absolute atomic E-state index is 0.239. The van der Waals surface area contributed by atoms with Crippen LogP contribution in [0.3, 0.4) is 0 Å². The molecule has 0 aromatic heterocycles. The first kappa shape index (κ1) is 16.7. The Bertz CT molecular complexity index is 641. The molecule has 22 heavy (non-hydrogen) atoms. The highest BCUT2D eigenvalue weighted by Gasteiger charge is 2.26. The summed E-state index contributed by atoms with van der Waals surface area (Å²) in [4.78, 5) is 10.0. The smallest absolute Gasteiger partial charge is 0.293 e. The summed E-state index contributed by atoms with van der Waals surface area (Å²) in [6.45, 7) is 2.09. The Morgan fingerprint density at radius 3 is 2.86 bits per heavy atom. The van der Waals surface area contributed by atoms with Gasteiger partial charge in [-0.3, -0.25) is 10.1 Å². The minimum atomic E-state index is -3.92. The molecule has 1 heterocycles. The average molecular weight is 329 g/mol. The Balaban J connectivity index is 2.12. The molecule has 2 N–H and O–H groups in total. The lowest BCUT2D eigenvalue weighted by atomic mass is 10.1. The number of nitro benzene ring substituents is 1. The van der Waals surface area contributed by atoms with E-state index in [9.17, 15) is 18.5 Å². The van der Waals surface area contributed by atoms with Crippen LogP contribution in [0.25, 0.3) is 0 Å². The molecule has 2 rings (SSSR count). The Morgan fingerprint density at radius 1 is 1.50 bits per heavy atom. The van der Waals surface area contributed by atoms with Crippen molar-refractivity contribution < 1.29 is 18.1 Å². The Hall–Kier alpha value is -1.71. The molecule has 0 radical (unpaired) electrons. The van der Waals surface area contributed by atoms with E-state index in [-0.39, 0.29) is 17.2 Å². The Kier molecular flexibility index (Phi) is 5.33. The van der Waals surface area contributed by atoms with Crippen molar-refractivity contribution in [2.75, 3.05) is 26.7 Å². The standard InChI is InChI=1S/C13H19N3O5S/c1-21-11-2-3-13(12(8-11)16(17)18)22(19,20)15-7-5-10-4-6-14-9-10/h2-3,8,10,14-15H,4-7,9H2,1H3. The topological polar surface area (TPSA) is 111 Å². The molecule has 1 aromatic rings. The Morgan fingerprint density at radius 2 is 2.27 bits per heavy atom. The van der Waals surface area contributed by atoms with E-state index >= 15 is 0 Å². The number of nitrogens with zero attached hydrogens (tertiary/aromatic N) is 1. The zero-order chi connectivity index (χ0) is 16.2. The normalized spacial score (nSPS) is 18.3. The molecular weight excluding hydrogens is 310 g/mol. The van der Waals surface area contributed by atoms with Crippen molar-refractivity contribution in [3.05, 3.63) is 28.3 Å². The van der Waals surface area contributed by atoms with Crippen LogP contribution in [0.15, 0.2) is 23.1 Å². The molecule has 1 unspecified atom stereocenters. The number of nitrogens with one attached hydrogen (secondary N) is 2. The van der Waals surface area contributed by atoms with E-state index in [1.54, 1.807) is 0 Å². The first-order chi connectivity index (χ1) is 10.4. The summed E-state index contributed by atoms with van der Waals surface area (Å²) in [7, 11) is -2.56. The second-order valence-corrected chi connectivity index (χ2v) is 6.87. The SMILES string of the molecule is COc1ccc(S(=O)(=O)NCCC2CCNC2)c([N+](=O)[O-])c1. The van der Waals surface area contributed by atoms with Crippen molar-refractivity contribution in [3.63, 3.8) is 0 Å². The van der Waals surface area contributed by atoms with Crippen molar-refractivity contribution in [1.82, 2.24) is 10.0 Å². The highest BCUT2D eigenvalue weighted by atomic mass is 32.2. The number of sulfonamides is 1. The van der Waals surface area contributed by atoms with Gasteiger partial charge in [0.1, 0.15) is 5.75 Å². The molecular formula is C13H19N3O5S. The third-order valence-electron chi connectivity index (χ3n) is 3.66. The molecule has 9 heteroatoms. The number of hydrogen-bond acceptors (Lipinski definition) is 6. The van der Waals surface area contributed by atoms with Crippen molar-refractivity contribution in [2.45, 2.75) is 17.7 Å². The predicted octanol–water partition coefficient (Wildman–Crippen LogP) is 0.881. The van der Waals surface area contributed by atoms with Gasteiger partial charge in [0.25, 0.3) is 5.69 Å². The monoisotopic (exact) mass is 329 g/mol. The number of rotatable bonds is 7. The van der Waals surface area contributed by atoms with E-state index in [0.717, 1.165) is 25.6 Å². The first-order valence-electron chi connectivity index (χ1n) is 6.97. The van der Waals surface area contributed by atoms with Gasteiger partial charge < -0.3 is 10.1 Å². The fourth-order valence-corrected chi connectivity index (χ4v) is 3.63. The molecule has 1 aliphatic heterocycles. The van der Waals surface area contributed by atoms with E-state index < -0.39 is 20.6 Å². The van der Waals surface area contributed by atoms with Gasteiger partial charge >= 0.3 is 0 Å². The Labute approximate surface area is 129 Å². The molecule has 1 atom stereocenters. The van der Waals surface area contributed by atoms with Crippen molar-refractivity contribution in [3.8, 4) is 5.75 Å².